The summed E-state index contributed by atoms with van der Waals surface area (Å²) in [5, 5.41) is 16.4. The van der Waals surface area contributed by atoms with Crippen LogP contribution in [0, 0.1) is 11.3 Å². The second-order valence-electron chi connectivity index (χ2n) is 3.45. The Balaban J connectivity index is 2.09. The van der Waals surface area contributed by atoms with Gasteiger partial charge in [0.05, 0.1) is 10.3 Å². The molecule has 4 nitrogen and oxygen atoms in total. The van der Waals surface area contributed by atoms with Gasteiger partial charge in [0.2, 0.25) is 0 Å². The molecule has 0 unspecified atom stereocenters. The van der Waals surface area contributed by atoms with Crippen LogP contribution < -0.4 is 4.90 Å². The number of nitriles is 1. The molecular formula is C11H9BrN4S. The molecule has 0 radical (unpaired) electrons. The summed E-state index contributed by atoms with van der Waals surface area (Å²) in [7, 11) is 1.95. The molecular weight excluding hydrogens is 300 g/mol. The summed E-state index contributed by atoms with van der Waals surface area (Å²) in [5.41, 5.74) is 0.334. The van der Waals surface area contributed by atoms with Crippen molar-refractivity contribution in [1.29, 1.82) is 5.26 Å². The van der Waals surface area contributed by atoms with E-state index in [2.05, 4.69) is 32.2 Å². The highest BCUT2D eigenvalue weighted by molar-refractivity contribution is 9.11. The molecule has 2 heterocycles. The van der Waals surface area contributed by atoms with Gasteiger partial charge in [-0.3, -0.25) is 0 Å². The molecule has 0 N–H and O–H groups in total. The van der Waals surface area contributed by atoms with Crippen LogP contribution in [0.4, 0.5) is 5.82 Å². The molecule has 86 valence electrons. The van der Waals surface area contributed by atoms with Crippen molar-refractivity contribution in [3.8, 4) is 6.07 Å². The Hall–Kier alpha value is -1.45. The number of hydrogen-bond donors (Lipinski definition) is 0. The van der Waals surface area contributed by atoms with Crippen LogP contribution >= 0.6 is 27.3 Å². The summed E-state index contributed by atoms with van der Waals surface area (Å²) in [6.45, 7) is 0.775. The van der Waals surface area contributed by atoms with E-state index in [9.17, 15) is 0 Å². The Labute approximate surface area is 112 Å². The van der Waals surface area contributed by atoms with Gasteiger partial charge in [-0.05, 0) is 40.2 Å². The summed E-state index contributed by atoms with van der Waals surface area (Å²) >= 11 is 5.13. The maximum atomic E-state index is 8.64. The predicted molar refractivity (Wildman–Crippen MR) is 70.9 cm³/mol. The number of halogens is 1. The molecule has 0 atom stereocenters. The third-order valence-corrected chi connectivity index (χ3v) is 3.79. The lowest BCUT2D eigenvalue weighted by Crippen LogP contribution is -2.17. The number of anilines is 1. The number of thiophene rings is 1. The van der Waals surface area contributed by atoms with E-state index in [1.54, 1.807) is 23.5 Å². The van der Waals surface area contributed by atoms with Crippen molar-refractivity contribution in [2.24, 2.45) is 0 Å². The van der Waals surface area contributed by atoms with Gasteiger partial charge < -0.3 is 4.90 Å². The van der Waals surface area contributed by atoms with Crippen molar-refractivity contribution in [3.05, 3.63) is 38.6 Å². The van der Waals surface area contributed by atoms with Crippen molar-refractivity contribution in [1.82, 2.24) is 10.2 Å². The fourth-order valence-electron chi connectivity index (χ4n) is 1.34. The molecule has 2 aromatic heterocycles. The summed E-state index contributed by atoms with van der Waals surface area (Å²) in [6.07, 6.45) is 0. The highest BCUT2D eigenvalue weighted by Gasteiger charge is 2.06. The first-order chi connectivity index (χ1) is 8.19. The van der Waals surface area contributed by atoms with E-state index >= 15 is 0 Å². The van der Waals surface area contributed by atoms with Crippen molar-refractivity contribution in [2.75, 3.05) is 11.9 Å². The average Bonchev–Trinajstić information content (AvgIpc) is 2.75. The van der Waals surface area contributed by atoms with Gasteiger partial charge in [0.15, 0.2) is 11.5 Å². The number of hydrogen-bond acceptors (Lipinski definition) is 5. The van der Waals surface area contributed by atoms with Crippen molar-refractivity contribution >= 4 is 33.1 Å². The van der Waals surface area contributed by atoms with Gasteiger partial charge in [-0.25, -0.2) is 0 Å². The first kappa shape index (κ1) is 12.0. The van der Waals surface area contributed by atoms with E-state index in [0.29, 0.717) is 5.69 Å². The molecule has 0 aromatic carbocycles. The molecule has 0 aliphatic rings. The van der Waals surface area contributed by atoms with Crippen molar-refractivity contribution in [2.45, 2.75) is 6.54 Å². The zero-order valence-electron chi connectivity index (χ0n) is 9.09. The van der Waals surface area contributed by atoms with Gasteiger partial charge >= 0.3 is 0 Å². The second-order valence-corrected chi connectivity index (χ2v) is 6.00. The first-order valence-electron chi connectivity index (χ1n) is 4.88. The summed E-state index contributed by atoms with van der Waals surface area (Å²) < 4.78 is 1.12. The molecule has 17 heavy (non-hydrogen) atoms. The molecule has 6 heteroatoms. The van der Waals surface area contributed by atoms with Crippen molar-refractivity contribution < 1.29 is 0 Å². The summed E-state index contributed by atoms with van der Waals surface area (Å²) in [6, 6.07) is 9.52. The average molecular weight is 309 g/mol. The van der Waals surface area contributed by atoms with Crippen LogP contribution in [0.2, 0.25) is 0 Å². The highest BCUT2D eigenvalue weighted by Crippen LogP contribution is 2.24. The van der Waals surface area contributed by atoms with Crippen LogP contribution in [0.15, 0.2) is 28.1 Å². The molecule has 2 rings (SSSR count). The second kappa shape index (κ2) is 5.25. The number of rotatable bonds is 3. The van der Waals surface area contributed by atoms with Crippen LogP contribution in [0.25, 0.3) is 0 Å². The standard InChI is InChI=1S/C11H9BrN4S/c1-16(7-9-3-4-10(12)17-9)11-5-2-8(6-13)14-15-11/h2-5H,7H2,1H3. The van der Waals surface area contributed by atoms with Gasteiger partial charge in [0.1, 0.15) is 6.07 Å². The molecule has 0 spiro atoms. The van der Waals surface area contributed by atoms with E-state index in [1.165, 1.54) is 4.88 Å². The van der Waals surface area contributed by atoms with Crippen LogP contribution in [-0.4, -0.2) is 17.2 Å². The van der Waals surface area contributed by atoms with E-state index in [1.807, 2.05) is 24.1 Å². The fourth-order valence-corrected chi connectivity index (χ4v) is 2.88. The fraction of sp³-hybridized carbons (Fsp3) is 0.182. The van der Waals surface area contributed by atoms with E-state index in [-0.39, 0.29) is 0 Å². The SMILES string of the molecule is CN(Cc1ccc(Br)s1)c1ccc(C#N)nn1. The van der Waals surface area contributed by atoms with E-state index in [4.69, 9.17) is 5.26 Å². The minimum absolute atomic E-state index is 0.334. The van der Waals surface area contributed by atoms with E-state index < -0.39 is 0 Å². The molecule has 0 fully saturated rings. The Morgan fingerprint density at radius 3 is 2.71 bits per heavy atom. The zero-order valence-corrected chi connectivity index (χ0v) is 11.5. The molecule has 0 saturated carbocycles. The summed E-state index contributed by atoms with van der Waals surface area (Å²) in [4.78, 5) is 3.23. The number of nitrogens with zero attached hydrogens (tertiary/aromatic N) is 4. The molecule has 0 aliphatic carbocycles. The largest absolute Gasteiger partial charge is 0.353 e. The van der Waals surface area contributed by atoms with Gasteiger partial charge in [-0.15, -0.1) is 21.5 Å². The van der Waals surface area contributed by atoms with Gasteiger partial charge in [0.25, 0.3) is 0 Å². The first-order valence-corrected chi connectivity index (χ1v) is 6.49. The Bertz CT molecular complexity index is 543. The Morgan fingerprint density at radius 1 is 1.35 bits per heavy atom. The van der Waals surface area contributed by atoms with Gasteiger partial charge in [-0.2, -0.15) is 5.26 Å². The minimum atomic E-state index is 0.334. The predicted octanol–water partition coefficient (Wildman–Crippen LogP) is 2.81. The normalized spacial score (nSPS) is 9.94. The highest BCUT2D eigenvalue weighted by atomic mass is 79.9. The lowest BCUT2D eigenvalue weighted by atomic mass is 10.4. The smallest absolute Gasteiger partial charge is 0.163 e. The maximum Gasteiger partial charge on any atom is 0.163 e. The Morgan fingerprint density at radius 2 is 2.18 bits per heavy atom. The lowest BCUT2D eigenvalue weighted by Gasteiger charge is -2.15. The third-order valence-electron chi connectivity index (χ3n) is 2.18. The number of aromatic nitrogens is 2. The third kappa shape index (κ3) is 3.02. The molecule has 0 aliphatic heterocycles. The zero-order chi connectivity index (χ0) is 12.3. The molecule has 0 amide bonds. The molecule has 0 saturated heterocycles. The monoisotopic (exact) mass is 308 g/mol. The molecule has 2 aromatic rings. The quantitative estimate of drug-likeness (QED) is 0.875. The topological polar surface area (TPSA) is 52.8 Å². The van der Waals surface area contributed by atoms with Crippen LogP contribution in [0.1, 0.15) is 10.6 Å². The van der Waals surface area contributed by atoms with Crippen LogP contribution in [-0.2, 0) is 6.54 Å². The lowest BCUT2D eigenvalue weighted by molar-refractivity contribution is 0.872. The van der Waals surface area contributed by atoms with E-state index in [0.717, 1.165) is 16.1 Å². The summed E-state index contributed by atoms with van der Waals surface area (Å²) in [5.74, 6) is 0.758. The maximum absolute atomic E-state index is 8.64. The van der Waals surface area contributed by atoms with Crippen LogP contribution in [0.5, 0.6) is 0 Å². The van der Waals surface area contributed by atoms with Crippen molar-refractivity contribution in [3.63, 3.8) is 0 Å². The Kier molecular flexibility index (Phi) is 3.71. The molecule has 0 bridgehead atoms. The minimum Gasteiger partial charge on any atom is -0.353 e. The van der Waals surface area contributed by atoms with Gasteiger partial charge in [-0.1, -0.05) is 0 Å². The van der Waals surface area contributed by atoms with Crippen LogP contribution in [0.3, 0.4) is 0 Å². The van der Waals surface area contributed by atoms with Gasteiger partial charge in [0, 0.05) is 11.9 Å².